The van der Waals surface area contributed by atoms with Crippen LogP contribution >= 0.6 is 0 Å². The highest BCUT2D eigenvalue weighted by Crippen LogP contribution is 2.22. The fourth-order valence-corrected chi connectivity index (χ4v) is 2.15. The van der Waals surface area contributed by atoms with Crippen molar-refractivity contribution in [3.8, 4) is 0 Å². The van der Waals surface area contributed by atoms with Gasteiger partial charge in [-0.15, -0.1) is 0 Å². The number of pyridine rings is 1. The molecule has 1 fully saturated rings. The molecule has 2 heterocycles. The summed E-state index contributed by atoms with van der Waals surface area (Å²) in [5.41, 5.74) is 6.29. The summed E-state index contributed by atoms with van der Waals surface area (Å²) in [7, 11) is 0. The molecule has 0 saturated carbocycles. The summed E-state index contributed by atoms with van der Waals surface area (Å²) in [5.74, 6) is -0.261. The Balaban J connectivity index is 1.80. The molecule has 1 amide bonds. The first kappa shape index (κ1) is 14.9. The second-order valence-electron chi connectivity index (χ2n) is 4.77. The van der Waals surface area contributed by atoms with Crippen molar-refractivity contribution in [1.29, 1.82) is 0 Å². The minimum absolute atomic E-state index is 0.0189. The average molecular weight is 281 g/mol. The van der Waals surface area contributed by atoms with Crippen LogP contribution in [-0.4, -0.2) is 52.1 Å². The van der Waals surface area contributed by atoms with Gasteiger partial charge in [-0.05, 0) is 11.6 Å². The zero-order chi connectivity index (χ0) is 14.5. The number of hydrogen-bond acceptors (Lipinski definition) is 6. The van der Waals surface area contributed by atoms with Gasteiger partial charge in [0, 0.05) is 25.5 Å². The van der Waals surface area contributed by atoms with Crippen molar-refractivity contribution in [3.63, 3.8) is 0 Å². The van der Waals surface area contributed by atoms with Crippen LogP contribution < -0.4 is 11.1 Å². The predicted octanol–water partition coefficient (Wildman–Crippen LogP) is -1.46. The van der Waals surface area contributed by atoms with Gasteiger partial charge in [-0.25, -0.2) is 0 Å². The van der Waals surface area contributed by atoms with Crippen molar-refractivity contribution in [2.24, 2.45) is 5.73 Å². The maximum atomic E-state index is 11.8. The number of carbonyl (C=O) groups excluding carboxylic acids is 1. The first-order chi connectivity index (χ1) is 9.61. The zero-order valence-corrected chi connectivity index (χ0v) is 11.0. The van der Waals surface area contributed by atoms with E-state index in [0.29, 0.717) is 6.54 Å². The fourth-order valence-electron chi connectivity index (χ4n) is 2.15. The Bertz CT molecular complexity index is 443. The van der Waals surface area contributed by atoms with Gasteiger partial charge in [-0.1, -0.05) is 6.07 Å². The van der Waals surface area contributed by atoms with E-state index in [0.717, 1.165) is 5.56 Å². The van der Waals surface area contributed by atoms with Gasteiger partial charge in [-0.3, -0.25) is 9.78 Å². The molecule has 7 nitrogen and oxygen atoms in total. The fraction of sp³-hybridized carbons (Fsp3) is 0.538. The van der Waals surface area contributed by atoms with Crippen LogP contribution in [0, 0.1) is 0 Å². The van der Waals surface area contributed by atoms with E-state index < -0.39 is 24.4 Å². The Kier molecular flexibility index (Phi) is 5.02. The van der Waals surface area contributed by atoms with Gasteiger partial charge >= 0.3 is 0 Å². The van der Waals surface area contributed by atoms with E-state index in [2.05, 4.69) is 10.3 Å². The third-order valence-electron chi connectivity index (χ3n) is 3.29. The molecular formula is C13H19N3O4. The number of nitrogens with zero attached hydrogens (tertiary/aromatic N) is 1. The first-order valence-electron chi connectivity index (χ1n) is 6.49. The van der Waals surface area contributed by atoms with Crippen molar-refractivity contribution in [1.82, 2.24) is 10.3 Å². The maximum Gasteiger partial charge on any atom is 0.222 e. The largest absolute Gasteiger partial charge is 0.388 e. The van der Waals surface area contributed by atoms with Crippen LogP contribution in [0.15, 0.2) is 24.5 Å². The molecule has 1 saturated heterocycles. The van der Waals surface area contributed by atoms with Crippen LogP contribution in [0.4, 0.5) is 0 Å². The van der Waals surface area contributed by atoms with Gasteiger partial charge in [0.1, 0.15) is 12.2 Å². The third-order valence-corrected chi connectivity index (χ3v) is 3.29. The lowest BCUT2D eigenvalue weighted by Crippen LogP contribution is -2.37. The van der Waals surface area contributed by atoms with Gasteiger partial charge in [-0.2, -0.15) is 0 Å². The molecule has 0 spiro atoms. The van der Waals surface area contributed by atoms with E-state index in [1.807, 2.05) is 6.07 Å². The summed E-state index contributed by atoms with van der Waals surface area (Å²) in [6, 6.07) is 3.63. The first-order valence-corrected chi connectivity index (χ1v) is 6.49. The van der Waals surface area contributed by atoms with Crippen molar-refractivity contribution >= 4 is 5.91 Å². The van der Waals surface area contributed by atoms with Crippen molar-refractivity contribution in [3.05, 3.63) is 30.1 Å². The SMILES string of the molecule is NC[C@H]1O[C@H](CC(=O)NCc2cccnc2)[C@H](O)[C@@H]1O. The van der Waals surface area contributed by atoms with Crippen LogP contribution in [0.1, 0.15) is 12.0 Å². The normalized spacial score (nSPS) is 29.4. The Morgan fingerprint density at radius 2 is 2.15 bits per heavy atom. The topological polar surface area (TPSA) is 118 Å². The standard InChI is InChI=1S/C13H19N3O4/c14-5-10-13(19)12(18)9(20-10)4-11(17)16-7-8-2-1-3-15-6-8/h1-3,6,9-10,12-13,18-19H,4-5,7,14H2,(H,16,17)/t9-,10-,12+,13-/m1/s1. The number of aliphatic hydroxyl groups is 2. The molecule has 0 unspecified atom stereocenters. The Morgan fingerprint density at radius 3 is 2.75 bits per heavy atom. The van der Waals surface area contributed by atoms with Gasteiger partial charge in [0.25, 0.3) is 0 Å². The average Bonchev–Trinajstić information content (AvgIpc) is 2.74. The molecule has 1 aromatic heterocycles. The second kappa shape index (κ2) is 6.76. The van der Waals surface area contributed by atoms with Gasteiger partial charge in [0.15, 0.2) is 0 Å². The number of ether oxygens (including phenoxy) is 1. The van der Waals surface area contributed by atoms with Crippen LogP contribution in [0.25, 0.3) is 0 Å². The summed E-state index contributed by atoms with van der Waals surface area (Å²) in [6.45, 7) is 0.463. The minimum Gasteiger partial charge on any atom is -0.388 e. The molecule has 0 aliphatic carbocycles. The molecule has 7 heteroatoms. The Morgan fingerprint density at radius 1 is 1.40 bits per heavy atom. The van der Waals surface area contributed by atoms with E-state index in [9.17, 15) is 15.0 Å². The molecule has 4 atom stereocenters. The molecule has 1 aliphatic rings. The van der Waals surface area contributed by atoms with Gasteiger partial charge < -0.3 is 26.0 Å². The van der Waals surface area contributed by atoms with Gasteiger partial charge in [0.05, 0.1) is 18.6 Å². The number of amides is 1. The third kappa shape index (κ3) is 3.51. The molecule has 20 heavy (non-hydrogen) atoms. The lowest BCUT2D eigenvalue weighted by atomic mass is 10.1. The highest BCUT2D eigenvalue weighted by molar-refractivity contribution is 5.76. The van der Waals surface area contributed by atoms with E-state index in [1.54, 1.807) is 18.5 Å². The van der Waals surface area contributed by atoms with E-state index in [1.165, 1.54) is 0 Å². The van der Waals surface area contributed by atoms with E-state index in [4.69, 9.17) is 10.5 Å². The number of aromatic nitrogens is 1. The van der Waals surface area contributed by atoms with Crippen LogP contribution in [0.2, 0.25) is 0 Å². The summed E-state index contributed by atoms with van der Waals surface area (Å²) in [4.78, 5) is 15.7. The lowest BCUT2D eigenvalue weighted by molar-refractivity contribution is -0.125. The number of hydrogen-bond donors (Lipinski definition) is 4. The zero-order valence-electron chi connectivity index (χ0n) is 11.0. The van der Waals surface area contributed by atoms with Crippen molar-refractivity contribution < 1.29 is 19.7 Å². The summed E-state index contributed by atoms with van der Waals surface area (Å²) in [6.07, 6.45) is -0.190. The molecule has 0 radical (unpaired) electrons. The highest BCUT2D eigenvalue weighted by Gasteiger charge is 2.42. The van der Waals surface area contributed by atoms with Crippen molar-refractivity contribution in [2.45, 2.75) is 37.4 Å². The number of carbonyl (C=O) groups is 1. The Labute approximate surface area is 116 Å². The van der Waals surface area contributed by atoms with Crippen LogP contribution in [0.5, 0.6) is 0 Å². The lowest BCUT2D eigenvalue weighted by Gasteiger charge is -2.14. The van der Waals surface area contributed by atoms with E-state index in [-0.39, 0.29) is 18.9 Å². The quantitative estimate of drug-likeness (QED) is 0.524. The number of nitrogens with one attached hydrogen (secondary N) is 1. The minimum atomic E-state index is -1.09. The Hall–Kier alpha value is -1.54. The van der Waals surface area contributed by atoms with Crippen LogP contribution in [-0.2, 0) is 16.1 Å². The molecule has 110 valence electrons. The maximum absolute atomic E-state index is 11.8. The van der Waals surface area contributed by atoms with E-state index >= 15 is 0 Å². The molecular weight excluding hydrogens is 262 g/mol. The molecule has 0 aromatic carbocycles. The highest BCUT2D eigenvalue weighted by atomic mass is 16.5. The smallest absolute Gasteiger partial charge is 0.222 e. The number of nitrogens with two attached hydrogens (primary N) is 1. The summed E-state index contributed by atoms with van der Waals surface area (Å²) >= 11 is 0. The molecule has 1 aromatic rings. The molecule has 0 bridgehead atoms. The summed E-state index contributed by atoms with van der Waals surface area (Å²) < 4.78 is 5.36. The molecule has 1 aliphatic heterocycles. The molecule has 2 rings (SSSR count). The van der Waals surface area contributed by atoms with Crippen molar-refractivity contribution in [2.75, 3.05) is 6.54 Å². The predicted molar refractivity (Wildman–Crippen MR) is 70.4 cm³/mol. The monoisotopic (exact) mass is 281 g/mol. The van der Waals surface area contributed by atoms with Crippen LogP contribution in [0.3, 0.4) is 0 Å². The molecule has 5 N–H and O–H groups in total. The number of aliphatic hydroxyl groups excluding tert-OH is 2. The summed E-state index contributed by atoms with van der Waals surface area (Å²) in [5, 5.41) is 22.1. The second-order valence-corrected chi connectivity index (χ2v) is 4.77. The number of rotatable bonds is 5. The van der Waals surface area contributed by atoms with Gasteiger partial charge in [0.2, 0.25) is 5.91 Å².